The summed E-state index contributed by atoms with van der Waals surface area (Å²) < 4.78 is 58.5. The Balaban J connectivity index is 2.34. The van der Waals surface area contributed by atoms with Crippen molar-refractivity contribution in [3.05, 3.63) is 53.6 Å². The molecule has 1 N–H and O–H groups in total. The molecule has 0 radical (unpaired) electrons. The molecular weight excluding hydrogens is 312 g/mol. The molecule has 118 valence electrons. The minimum absolute atomic E-state index is 0.0582. The van der Waals surface area contributed by atoms with Crippen molar-refractivity contribution in [1.82, 2.24) is 0 Å². The topological polar surface area (TPSA) is 55.4 Å². The van der Waals surface area contributed by atoms with Crippen LogP contribution in [0.5, 0.6) is 5.75 Å². The fraction of sp³-hybridized carbons (Fsp3) is 0.200. The molecule has 22 heavy (non-hydrogen) atoms. The Morgan fingerprint density at radius 3 is 2.50 bits per heavy atom. The van der Waals surface area contributed by atoms with Crippen molar-refractivity contribution in [3.8, 4) is 5.75 Å². The fourth-order valence-corrected chi connectivity index (χ4v) is 3.03. The Morgan fingerprint density at radius 1 is 1.14 bits per heavy atom. The summed E-state index contributed by atoms with van der Waals surface area (Å²) in [6, 6.07) is 6.83. The van der Waals surface area contributed by atoms with E-state index < -0.39 is 27.3 Å². The van der Waals surface area contributed by atoms with E-state index in [1.54, 1.807) is 6.92 Å². The van der Waals surface area contributed by atoms with Crippen molar-refractivity contribution in [2.75, 3.05) is 11.3 Å². The number of hydrogen-bond acceptors (Lipinski definition) is 3. The van der Waals surface area contributed by atoms with E-state index in [1.165, 1.54) is 18.2 Å². The third kappa shape index (κ3) is 3.54. The molecule has 2 aromatic rings. The lowest BCUT2D eigenvalue weighted by atomic mass is 10.2. The van der Waals surface area contributed by atoms with E-state index >= 15 is 0 Å². The van der Waals surface area contributed by atoms with Crippen molar-refractivity contribution >= 4 is 15.7 Å². The summed E-state index contributed by atoms with van der Waals surface area (Å²) in [5.41, 5.74) is 0.191. The first-order valence-electron chi connectivity index (χ1n) is 6.55. The molecule has 0 aliphatic carbocycles. The minimum Gasteiger partial charge on any atom is -0.494 e. The maximum Gasteiger partial charge on any atom is 0.262 e. The van der Waals surface area contributed by atoms with E-state index in [0.717, 1.165) is 18.2 Å². The highest BCUT2D eigenvalue weighted by Gasteiger charge is 2.18. The first-order valence-corrected chi connectivity index (χ1v) is 8.03. The van der Waals surface area contributed by atoms with Crippen LogP contribution in [-0.4, -0.2) is 15.0 Å². The monoisotopic (exact) mass is 327 g/mol. The van der Waals surface area contributed by atoms with Gasteiger partial charge in [-0.3, -0.25) is 4.72 Å². The lowest BCUT2D eigenvalue weighted by molar-refractivity contribution is 0.337. The molecule has 0 aliphatic heterocycles. The largest absolute Gasteiger partial charge is 0.494 e. The van der Waals surface area contributed by atoms with Crippen LogP contribution < -0.4 is 9.46 Å². The van der Waals surface area contributed by atoms with Crippen molar-refractivity contribution in [2.24, 2.45) is 0 Å². The Hall–Kier alpha value is -2.15. The maximum absolute atomic E-state index is 13.5. The summed E-state index contributed by atoms with van der Waals surface area (Å²) in [5, 5.41) is 0. The molecule has 0 spiro atoms. The van der Waals surface area contributed by atoms with Crippen LogP contribution in [0.2, 0.25) is 0 Å². The van der Waals surface area contributed by atoms with Gasteiger partial charge in [-0.25, -0.2) is 17.2 Å². The highest BCUT2D eigenvalue weighted by molar-refractivity contribution is 7.92. The number of sulfonamides is 1. The molecule has 0 aliphatic rings. The van der Waals surface area contributed by atoms with E-state index in [2.05, 4.69) is 0 Å². The molecule has 0 fully saturated rings. The second-order valence-corrected chi connectivity index (χ2v) is 6.27. The zero-order valence-corrected chi connectivity index (χ0v) is 12.9. The number of anilines is 1. The van der Waals surface area contributed by atoms with Crippen molar-refractivity contribution < 1.29 is 21.9 Å². The van der Waals surface area contributed by atoms with Crippen molar-refractivity contribution in [2.45, 2.75) is 18.7 Å². The molecule has 4 nitrogen and oxygen atoms in total. The lowest BCUT2D eigenvalue weighted by Gasteiger charge is -2.12. The van der Waals surface area contributed by atoms with Gasteiger partial charge in [0, 0.05) is 6.07 Å². The highest BCUT2D eigenvalue weighted by Crippen LogP contribution is 2.24. The predicted octanol–water partition coefficient (Wildman–Crippen LogP) is 3.47. The molecule has 7 heteroatoms. The Bertz CT molecular complexity index is 791. The van der Waals surface area contributed by atoms with Crippen LogP contribution in [0.1, 0.15) is 12.5 Å². The van der Waals surface area contributed by atoms with Gasteiger partial charge < -0.3 is 4.74 Å². The van der Waals surface area contributed by atoms with Crippen LogP contribution in [0.15, 0.2) is 41.3 Å². The van der Waals surface area contributed by atoms with E-state index in [-0.39, 0.29) is 4.90 Å². The average molecular weight is 327 g/mol. The summed E-state index contributed by atoms with van der Waals surface area (Å²) in [6.07, 6.45) is 0. The van der Waals surface area contributed by atoms with Crippen molar-refractivity contribution in [3.63, 3.8) is 0 Å². The predicted molar refractivity (Wildman–Crippen MR) is 79.5 cm³/mol. The zero-order chi connectivity index (χ0) is 16.3. The van der Waals surface area contributed by atoms with Gasteiger partial charge in [-0.2, -0.15) is 0 Å². The average Bonchev–Trinajstić information content (AvgIpc) is 2.45. The summed E-state index contributed by atoms with van der Waals surface area (Å²) in [6.45, 7) is 3.98. The summed E-state index contributed by atoms with van der Waals surface area (Å²) in [5.74, 6) is -1.02. The lowest BCUT2D eigenvalue weighted by Crippen LogP contribution is -2.14. The fourth-order valence-electron chi connectivity index (χ4n) is 1.89. The Labute approximate surface area is 127 Å². The third-order valence-corrected chi connectivity index (χ3v) is 4.29. The van der Waals surface area contributed by atoms with Gasteiger partial charge in [-0.1, -0.05) is 0 Å². The number of rotatable bonds is 5. The molecule has 0 atom stereocenters. The van der Waals surface area contributed by atoms with Gasteiger partial charge in [0.1, 0.15) is 17.4 Å². The Kier molecular flexibility index (Phi) is 4.65. The standard InChI is InChI=1S/C15H15F2NO3S/c1-3-21-15-7-5-12(8-10(15)2)22(19,20)18-14-9-11(16)4-6-13(14)17/h4-9,18H,3H2,1-2H3. The molecular formula is C15H15F2NO3S. The van der Waals surface area contributed by atoms with Crippen molar-refractivity contribution in [1.29, 1.82) is 0 Å². The van der Waals surface area contributed by atoms with Crippen LogP contribution in [0.25, 0.3) is 0 Å². The quantitative estimate of drug-likeness (QED) is 0.915. The summed E-state index contributed by atoms with van der Waals surface area (Å²) >= 11 is 0. The molecule has 0 heterocycles. The van der Waals surface area contributed by atoms with Gasteiger partial charge in [0.05, 0.1) is 17.2 Å². The summed E-state index contributed by atoms with van der Waals surface area (Å²) in [7, 11) is -4.02. The number of hydrogen-bond donors (Lipinski definition) is 1. The van der Waals surface area contributed by atoms with Gasteiger partial charge in [0.15, 0.2) is 0 Å². The Morgan fingerprint density at radius 2 is 1.86 bits per heavy atom. The van der Waals surface area contributed by atoms with Gasteiger partial charge in [-0.15, -0.1) is 0 Å². The molecule has 0 bridgehead atoms. The minimum atomic E-state index is -4.02. The second kappa shape index (κ2) is 6.31. The first kappa shape index (κ1) is 16.2. The van der Waals surface area contributed by atoms with Gasteiger partial charge in [-0.05, 0) is 49.7 Å². The molecule has 0 amide bonds. The number of halogens is 2. The van der Waals surface area contributed by atoms with Gasteiger partial charge >= 0.3 is 0 Å². The molecule has 0 saturated heterocycles. The zero-order valence-electron chi connectivity index (χ0n) is 12.1. The summed E-state index contributed by atoms with van der Waals surface area (Å²) in [4.78, 5) is -0.0582. The van der Waals surface area contributed by atoms with Crippen LogP contribution in [0.3, 0.4) is 0 Å². The van der Waals surface area contributed by atoms with E-state index in [9.17, 15) is 17.2 Å². The van der Waals surface area contributed by atoms with E-state index in [4.69, 9.17) is 4.74 Å². The molecule has 0 saturated carbocycles. The molecule has 2 rings (SSSR count). The number of benzene rings is 2. The van der Waals surface area contributed by atoms with E-state index in [1.807, 2.05) is 11.6 Å². The first-order chi connectivity index (χ1) is 10.3. The molecule has 0 unspecified atom stereocenters. The number of aryl methyl sites for hydroxylation is 1. The van der Waals surface area contributed by atoms with Crippen LogP contribution in [0, 0.1) is 18.6 Å². The van der Waals surface area contributed by atoms with E-state index in [0.29, 0.717) is 17.9 Å². The SMILES string of the molecule is CCOc1ccc(S(=O)(=O)Nc2cc(F)ccc2F)cc1C. The number of ether oxygens (including phenoxy) is 1. The number of nitrogens with one attached hydrogen (secondary N) is 1. The van der Waals surface area contributed by atoms with Crippen LogP contribution in [-0.2, 0) is 10.0 Å². The second-order valence-electron chi connectivity index (χ2n) is 4.59. The van der Waals surface area contributed by atoms with Gasteiger partial charge in [0.25, 0.3) is 10.0 Å². The highest BCUT2D eigenvalue weighted by atomic mass is 32.2. The molecule has 2 aromatic carbocycles. The normalized spacial score (nSPS) is 11.3. The third-order valence-electron chi connectivity index (χ3n) is 2.93. The van der Waals surface area contributed by atoms with Gasteiger partial charge in [0.2, 0.25) is 0 Å². The molecule has 0 aromatic heterocycles. The van der Waals surface area contributed by atoms with Crippen LogP contribution >= 0.6 is 0 Å². The maximum atomic E-state index is 13.5. The smallest absolute Gasteiger partial charge is 0.262 e. The van der Waals surface area contributed by atoms with Crippen LogP contribution in [0.4, 0.5) is 14.5 Å².